The molecule has 0 radical (unpaired) electrons. The molecule has 0 saturated heterocycles. The predicted octanol–water partition coefficient (Wildman–Crippen LogP) is 3.34. The van der Waals surface area contributed by atoms with Gasteiger partial charge in [-0.2, -0.15) is 0 Å². The number of esters is 1. The van der Waals surface area contributed by atoms with Gasteiger partial charge in [-0.05, 0) is 40.7 Å². The maximum Gasteiger partial charge on any atom is 0.342 e. The minimum atomic E-state index is -0.645. The molecule has 0 fully saturated rings. The number of hydrogen-bond acceptors (Lipinski definition) is 5. The first-order chi connectivity index (χ1) is 9.10. The van der Waals surface area contributed by atoms with Gasteiger partial charge in [0.05, 0.1) is 17.1 Å². The summed E-state index contributed by atoms with van der Waals surface area (Å²) in [5.41, 5.74) is -0.597. The highest BCUT2D eigenvalue weighted by atomic mass is 16.6. The lowest BCUT2D eigenvalue weighted by Crippen LogP contribution is -2.24. The lowest BCUT2D eigenvalue weighted by atomic mass is 10.1. The standard InChI is InChI=1S/C14H19NO5/c1-9(2)19-12-8-10(15(17)18)6-7-11(12)13(16)20-14(3,4)5/h6-9H,1-5H3. The molecule has 0 unspecified atom stereocenters. The lowest BCUT2D eigenvalue weighted by Gasteiger charge is -2.21. The van der Waals surface area contributed by atoms with E-state index in [1.807, 2.05) is 0 Å². The van der Waals surface area contributed by atoms with Gasteiger partial charge in [0.2, 0.25) is 0 Å². The van der Waals surface area contributed by atoms with E-state index < -0.39 is 16.5 Å². The van der Waals surface area contributed by atoms with E-state index in [0.29, 0.717) is 0 Å². The molecule has 6 heteroatoms. The van der Waals surface area contributed by atoms with Crippen LogP contribution in [0, 0.1) is 10.1 Å². The van der Waals surface area contributed by atoms with Crippen LogP contribution in [0.25, 0.3) is 0 Å². The third kappa shape index (κ3) is 4.53. The Morgan fingerprint density at radius 3 is 2.35 bits per heavy atom. The van der Waals surface area contributed by atoms with E-state index in [0.717, 1.165) is 0 Å². The monoisotopic (exact) mass is 281 g/mol. The van der Waals surface area contributed by atoms with Gasteiger partial charge in [0, 0.05) is 6.07 Å². The smallest absolute Gasteiger partial charge is 0.342 e. The molecule has 6 nitrogen and oxygen atoms in total. The summed E-state index contributed by atoms with van der Waals surface area (Å²) >= 11 is 0. The van der Waals surface area contributed by atoms with E-state index in [1.54, 1.807) is 34.6 Å². The number of non-ortho nitro benzene ring substituents is 1. The summed E-state index contributed by atoms with van der Waals surface area (Å²) < 4.78 is 10.7. The molecule has 1 aromatic rings. The van der Waals surface area contributed by atoms with Crippen LogP contribution < -0.4 is 4.74 Å². The fourth-order valence-corrected chi connectivity index (χ4v) is 1.48. The molecule has 0 aliphatic rings. The summed E-state index contributed by atoms with van der Waals surface area (Å²) in [6, 6.07) is 3.84. The molecule has 1 aromatic carbocycles. The van der Waals surface area contributed by atoms with E-state index in [9.17, 15) is 14.9 Å². The van der Waals surface area contributed by atoms with Crippen molar-refractivity contribution in [2.75, 3.05) is 0 Å². The van der Waals surface area contributed by atoms with Gasteiger partial charge >= 0.3 is 5.97 Å². The molecule has 110 valence electrons. The van der Waals surface area contributed by atoms with Gasteiger partial charge in [0.25, 0.3) is 5.69 Å². The van der Waals surface area contributed by atoms with E-state index in [2.05, 4.69) is 0 Å². The highest BCUT2D eigenvalue weighted by Gasteiger charge is 2.23. The second-order valence-corrected chi connectivity index (χ2v) is 5.61. The molecule has 0 N–H and O–H groups in total. The van der Waals surface area contributed by atoms with Crippen molar-refractivity contribution in [3.8, 4) is 5.75 Å². The summed E-state index contributed by atoms with van der Waals surface area (Å²) in [5, 5.41) is 10.8. The number of hydrogen-bond donors (Lipinski definition) is 0. The highest BCUT2D eigenvalue weighted by molar-refractivity contribution is 5.93. The summed E-state index contributed by atoms with van der Waals surface area (Å²) in [7, 11) is 0. The van der Waals surface area contributed by atoms with Crippen molar-refractivity contribution in [1.29, 1.82) is 0 Å². The third-order valence-corrected chi connectivity index (χ3v) is 2.16. The van der Waals surface area contributed by atoms with E-state index >= 15 is 0 Å². The Bertz CT molecular complexity index is 517. The van der Waals surface area contributed by atoms with Crippen LogP contribution in [0.15, 0.2) is 18.2 Å². The predicted molar refractivity (Wildman–Crippen MR) is 74.0 cm³/mol. The third-order valence-electron chi connectivity index (χ3n) is 2.16. The van der Waals surface area contributed by atoms with Crippen molar-refractivity contribution in [3.63, 3.8) is 0 Å². The molecule has 0 saturated carbocycles. The van der Waals surface area contributed by atoms with Gasteiger partial charge in [0.1, 0.15) is 16.9 Å². The van der Waals surface area contributed by atoms with Crippen LogP contribution in [0.3, 0.4) is 0 Å². The van der Waals surface area contributed by atoms with Crippen molar-refractivity contribution in [1.82, 2.24) is 0 Å². The van der Waals surface area contributed by atoms with E-state index in [-0.39, 0.29) is 23.1 Å². The molecule has 1 rings (SSSR count). The first-order valence-corrected chi connectivity index (χ1v) is 6.28. The number of carbonyl (C=O) groups excluding carboxylic acids is 1. The SMILES string of the molecule is CC(C)Oc1cc([N+](=O)[O-])ccc1C(=O)OC(C)(C)C. The number of ether oxygens (including phenoxy) is 2. The topological polar surface area (TPSA) is 78.7 Å². The fraction of sp³-hybridized carbons (Fsp3) is 0.500. The summed E-state index contributed by atoms with van der Waals surface area (Å²) in [5.74, 6) is -0.411. The average Bonchev–Trinajstić information content (AvgIpc) is 2.25. The van der Waals surface area contributed by atoms with Gasteiger partial charge in [0.15, 0.2) is 0 Å². The number of rotatable bonds is 4. The molecule has 0 spiro atoms. The Morgan fingerprint density at radius 2 is 1.90 bits per heavy atom. The number of nitro groups is 1. The average molecular weight is 281 g/mol. The maximum absolute atomic E-state index is 12.1. The number of nitrogens with zero attached hydrogens (tertiary/aromatic N) is 1. The van der Waals surface area contributed by atoms with E-state index in [1.165, 1.54) is 18.2 Å². The normalized spacial score (nSPS) is 11.3. The molecular formula is C14H19NO5. The molecule has 20 heavy (non-hydrogen) atoms. The van der Waals surface area contributed by atoms with Crippen molar-refractivity contribution in [3.05, 3.63) is 33.9 Å². The first-order valence-electron chi connectivity index (χ1n) is 6.28. The van der Waals surface area contributed by atoms with Crippen molar-refractivity contribution >= 4 is 11.7 Å². The molecule has 0 bridgehead atoms. The van der Waals surface area contributed by atoms with Gasteiger partial charge < -0.3 is 9.47 Å². The van der Waals surface area contributed by atoms with Gasteiger partial charge in [-0.3, -0.25) is 10.1 Å². The largest absolute Gasteiger partial charge is 0.490 e. The van der Waals surface area contributed by atoms with E-state index in [4.69, 9.17) is 9.47 Å². The quantitative estimate of drug-likeness (QED) is 0.480. The first kappa shape index (κ1) is 15.9. The highest BCUT2D eigenvalue weighted by Crippen LogP contribution is 2.27. The summed E-state index contributed by atoms with van der Waals surface area (Å²) in [4.78, 5) is 22.3. The minimum absolute atomic E-state index is 0.132. The molecule has 0 aromatic heterocycles. The van der Waals surface area contributed by atoms with Crippen molar-refractivity contribution in [2.24, 2.45) is 0 Å². The van der Waals surface area contributed by atoms with Crippen LogP contribution >= 0.6 is 0 Å². The van der Waals surface area contributed by atoms with Gasteiger partial charge in [-0.25, -0.2) is 4.79 Å². The Balaban J connectivity index is 3.17. The van der Waals surface area contributed by atoms with Crippen molar-refractivity contribution < 1.29 is 19.2 Å². The number of nitro benzene ring substituents is 1. The number of benzene rings is 1. The van der Waals surface area contributed by atoms with Crippen LogP contribution in [-0.2, 0) is 4.74 Å². The molecular weight excluding hydrogens is 262 g/mol. The van der Waals surface area contributed by atoms with Crippen LogP contribution in [0.1, 0.15) is 45.0 Å². The second-order valence-electron chi connectivity index (χ2n) is 5.61. The molecule has 0 atom stereocenters. The minimum Gasteiger partial charge on any atom is -0.490 e. The number of carbonyl (C=O) groups is 1. The lowest BCUT2D eigenvalue weighted by molar-refractivity contribution is -0.384. The van der Waals surface area contributed by atoms with Crippen LogP contribution in [0.4, 0.5) is 5.69 Å². The fourth-order valence-electron chi connectivity index (χ4n) is 1.48. The zero-order valence-electron chi connectivity index (χ0n) is 12.3. The Hall–Kier alpha value is -2.11. The molecule has 0 aliphatic heterocycles. The Labute approximate surface area is 117 Å². The van der Waals surface area contributed by atoms with Gasteiger partial charge in [-0.1, -0.05) is 0 Å². The zero-order valence-corrected chi connectivity index (χ0v) is 12.3. The Morgan fingerprint density at radius 1 is 1.30 bits per heavy atom. The zero-order chi connectivity index (χ0) is 15.5. The molecule has 0 amide bonds. The van der Waals surface area contributed by atoms with Crippen LogP contribution in [-0.4, -0.2) is 22.6 Å². The molecule has 0 aliphatic carbocycles. The summed E-state index contributed by atoms with van der Waals surface area (Å²) in [6.07, 6.45) is -0.210. The van der Waals surface area contributed by atoms with Crippen LogP contribution in [0.5, 0.6) is 5.75 Å². The summed E-state index contributed by atoms with van der Waals surface area (Å²) in [6.45, 7) is 8.80. The van der Waals surface area contributed by atoms with Gasteiger partial charge in [-0.15, -0.1) is 0 Å². The Kier molecular flexibility index (Phi) is 4.70. The van der Waals surface area contributed by atoms with Crippen molar-refractivity contribution in [2.45, 2.75) is 46.3 Å². The van der Waals surface area contributed by atoms with Crippen LogP contribution in [0.2, 0.25) is 0 Å². The second kappa shape index (κ2) is 5.90. The molecule has 0 heterocycles. The maximum atomic E-state index is 12.1.